The second kappa shape index (κ2) is 7.24. The summed E-state index contributed by atoms with van der Waals surface area (Å²) in [5, 5.41) is 30.5. The molecule has 0 amide bonds. The Bertz CT molecular complexity index is 775. The molecule has 3 atom stereocenters. The summed E-state index contributed by atoms with van der Waals surface area (Å²) in [5.41, 5.74) is 4.13. The zero-order valence-corrected chi connectivity index (χ0v) is 15.1. The van der Waals surface area contributed by atoms with Crippen LogP contribution in [-0.4, -0.2) is 35.6 Å². The summed E-state index contributed by atoms with van der Waals surface area (Å²) in [5.74, 6) is 0.162. The van der Waals surface area contributed by atoms with Crippen LogP contribution in [0.5, 0.6) is 11.5 Å². The summed E-state index contributed by atoms with van der Waals surface area (Å²) in [4.78, 5) is 0. The number of phenols is 1. The van der Waals surface area contributed by atoms with Crippen molar-refractivity contribution in [3.8, 4) is 11.5 Å². The molecule has 1 aliphatic carbocycles. The van der Waals surface area contributed by atoms with Crippen molar-refractivity contribution in [2.75, 3.05) is 20.3 Å². The van der Waals surface area contributed by atoms with Gasteiger partial charge in [0.15, 0.2) is 11.5 Å². The molecule has 2 aromatic carbocycles. The normalized spacial score (nSPS) is 22.5. The molecule has 0 saturated heterocycles. The third-order valence-corrected chi connectivity index (χ3v) is 5.69. The summed E-state index contributed by atoms with van der Waals surface area (Å²) in [6.45, 7) is 1.94. The topological polar surface area (TPSA) is 69.9 Å². The van der Waals surface area contributed by atoms with E-state index in [0.717, 1.165) is 22.3 Å². The van der Waals surface area contributed by atoms with Crippen LogP contribution in [0.2, 0.25) is 5.02 Å². The van der Waals surface area contributed by atoms with Crippen molar-refractivity contribution in [1.29, 1.82) is 0 Å². The van der Waals surface area contributed by atoms with E-state index in [9.17, 15) is 15.3 Å². The molecule has 3 N–H and O–H groups in total. The summed E-state index contributed by atoms with van der Waals surface area (Å²) in [6, 6.07) is 9.26. The van der Waals surface area contributed by atoms with Gasteiger partial charge in [0.05, 0.1) is 7.11 Å². The van der Waals surface area contributed by atoms with Gasteiger partial charge in [-0.05, 0) is 65.6 Å². The zero-order chi connectivity index (χ0) is 18.1. The van der Waals surface area contributed by atoms with E-state index < -0.39 is 0 Å². The third kappa shape index (κ3) is 3.22. The van der Waals surface area contributed by atoms with Crippen molar-refractivity contribution in [2.24, 2.45) is 11.8 Å². The minimum Gasteiger partial charge on any atom is -0.504 e. The highest BCUT2D eigenvalue weighted by Crippen LogP contribution is 2.46. The lowest BCUT2D eigenvalue weighted by molar-refractivity contribution is 0.101. The van der Waals surface area contributed by atoms with Crippen LogP contribution in [0.1, 0.15) is 28.2 Å². The van der Waals surface area contributed by atoms with Gasteiger partial charge in [0, 0.05) is 24.2 Å². The summed E-state index contributed by atoms with van der Waals surface area (Å²) in [6.07, 6.45) is 0.709. The first-order valence-electron chi connectivity index (χ1n) is 8.37. The monoisotopic (exact) mass is 362 g/mol. The summed E-state index contributed by atoms with van der Waals surface area (Å²) >= 11 is 6.37. The minimum absolute atomic E-state index is 0.0120. The standard InChI is InChI=1S/C20H23ClO4/c1-11-5-13-6-14(9-22)16(10-23)20(15(13)8-17(11)21)12-3-4-18(24)19(7-12)25-2/h3-5,7-8,14,16,20,22-24H,6,9-10H2,1-2H3. The third-order valence-electron chi connectivity index (χ3n) is 5.28. The molecule has 3 rings (SSSR count). The molecule has 0 aliphatic heterocycles. The quantitative estimate of drug-likeness (QED) is 0.780. The molecule has 0 radical (unpaired) electrons. The van der Waals surface area contributed by atoms with E-state index in [1.54, 1.807) is 12.1 Å². The fraction of sp³-hybridized carbons (Fsp3) is 0.400. The fourth-order valence-corrected chi connectivity index (χ4v) is 4.10. The first-order chi connectivity index (χ1) is 12.0. The Hall–Kier alpha value is -1.75. The summed E-state index contributed by atoms with van der Waals surface area (Å²) < 4.78 is 5.24. The smallest absolute Gasteiger partial charge is 0.160 e. The fourth-order valence-electron chi connectivity index (χ4n) is 3.93. The Morgan fingerprint density at radius 2 is 1.92 bits per heavy atom. The van der Waals surface area contributed by atoms with Gasteiger partial charge in [0.1, 0.15) is 0 Å². The molecule has 5 heteroatoms. The molecule has 25 heavy (non-hydrogen) atoms. The molecule has 0 heterocycles. The molecule has 0 bridgehead atoms. The van der Waals surface area contributed by atoms with E-state index in [1.165, 1.54) is 7.11 Å². The average molecular weight is 363 g/mol. The van der Waals surface area contributed by atoms with Crippen LogP contribution in [0.15, 0.2) is 30.3 Å². The zero-order valence-electron chi connectivity index (χ0n) is 14.4. The predicted octanol–water partition coefficient (Wildman–Crippen LogP) is 3.27. The van der Waals surface area contributed by atoms with E-state index in [4.69, 9.17) is 16.3 Å². The van der Waals surface area contributed by atoms with Crippen molar-refractivity contribution >= 4 is 11.6 Å². The number of aryl methyl sites for hydroxylation is 1. The molecule has 4 nitrogen and oxygen atoms in total. The van der Waals surface area contributed by atoms with Crippen molar-refractivity contribution < 1.29 is 20.1 Å². The maximum atomic E-state index is 10.0. The molecule has 0 spiro atoms. The highest BCUT2D eigenvalue weighted by Gasteiger charge is 2.37. The van der Waals surface area contributed by atoms with Gasteiger partial charge < -0.3 is 20.1 Å². The molecular weight excluding hydrogens is 340 g/mol. The Kier molecular flexibility index (Phi) is 5.23. The number of rotatable bonds is 4. The van der Waals surface area contributed by atoms with Gasteiger partial charge in [-0.1, -0.05) is 23.7 Å². The highest BCUT2D eigenvalue weighted by molar-refractivity contribution is 6.31. The van der Waals surface area contributed by atoms with E-state index in [-0.39, 0.29) is 36.7 Å². The van der Waals surface area contributed by atoms with E-state index in [0.29, 0.717) is 17.2 Å². The van der Waals surface area contributed by atoms with Gasteiger partial charge in [-0.15, -0.1) is 0 Å². The van der Waals surface area contributed by atoms with Crippen molar-refractivity contribution in [1.82, 2.24) is 0 Å². The Labute approximate surface area is 152 Å². The molecule has 0 aromatic heterocycles. The van der Waals surface area contributed by atoms with E-state index in [1.807, 2.05) is 19.1 Å². The van der Waals surface area contributed by atoms with Crippen molar-refractivity contribution in [2.45, 2.75) is 19.3 Å². The summed E-state index contributed by atoms with van der Waals surface area (Å²) in [7, 11) is 1.51. The Balaban J connectivity index is 2.19. The van der Waals surface area contributed by atoms with Crippen LogP contribution in [0.3, 0.4) is 0 Å². The first kappa shape index (κ1) is 18.1. The lowest BCUT2D eigenvalue weighted by Gasteiger charge is -2.39. The molecule has 1 aliphatic rings. The van der Waals surface area contributed by atoms with Crippen LogP contribution in [0.4, 0.5) is 0 Å². The van der Waals surface area contributed by atoms with Crippen LogP contribution in [0.25, 0.3) is 0 Å². The maximum Gasteiger partial charge on any atom is 0.160 e. The van der Waals surface area contributed by atoms with Crippen LogP contribution in [-0.2, 0) is 6.42 Å². The van der Waals surface area contributed by atoms with Crippen LogP contribution in [0, 0.1) is 18.8 Å². The number of halogens is 1. The number of ether oxygens (including phenoxy) is 1. The molecule has 2 aromatic rings. The molecule has 3 unspecified atom stereocenters. The lowest BCUT2D eigenvalue weighted by Crippen LogP contribution is -2.35. The minimum atomic E-state index is -0.134. The van der Waals surface area contributed by atoms with Crippen LogP contribution >= 0.6 is 11.6 Å². The van der Waals surface area contributed by atoms with Gasteiger partial charge in [-0.2, -0.15) is 0 Å². The van der Waals surface area contributed by atoms with Gasteiger partial charge in [0.2, 0.25) is 0 Å². The van der Waals surface area contributed by atoms with Gasteiger partial charge in [-0.25, -0.2) is 0 Å². The number of phenolic OH excluding ortho intramolecular Hbond substituents is 1. The second-order valence-electron chi connectivity index (χ2n) is 6.70. The van der Waals surface area contributed by atoms with E-state index >= 15 is 0 Å². The highest BCUT2D eigenvalue weighted by atomic mass is 35.5. The number of aliphatic hydroxyl groups is 2. The number of methoxy groups -OCH3 is 1. The van der Waals surface area contributed by atoms with Gasteiger partial charge in [-0.3, -0.25) is 0 Å². The number of fused-ring (bicyclic) bond motifs is 1. The van der Waals surface area contributed by atoms with Crippen molar-refractivity contribution in [3.05, 3.63) is 57.6 Å². The maximum absolute atomic E-state index is 10.0. The number of hydrogen-bond donors (Lipinski definition) is 3. The first-order valence-corrected chi connectivity index (χ1v) is 8.75. The lowest BCUT2D eigenvalue weighted by atomic mass is 9.67. The number of hydrogen-bond acceptors (Lipinski definition) is 4. The SMILES string of the molecule is COc1cc(C2c3cc(Cl)c(C)cc3CC(CO)C2CO)ccc1O. The molecular formula is C20H23ClO4. The second-order valence-corrected chi connectivity index (χ2v) is 7.11. The molecule has 0 fully saturated rings. The number of benzene rings is 2. The van der Waals surface area contributed by atoms with Gasteiger partial charge in [0.25, 0.3) is 0 Å². The van der Waals surface area contributed by atoms with Crippen molar-refractivity contribution in [3.63, 3.8) is 0 Å². The predicted molar refractivity (Wildman–Crippen MR) is 97.5 cm³/mol. The molecule has 134 valence electrons. The van der Waals surface area contributed by atoms with Crippen LogP contribution < -0.4 is 4.74 Å². The van der Waals surface area contributed by atoms with E-state index in [2.05, 4.69) is 6.07 Å². The molecule has 0 saturated carbocycles. The van der Waals surface area contributed by atoms with Gasteiger partial charge >= 0.3 is 0 Å². The Morgan fingerprint density at radius 3 is 2.56 bits per heavy atom. The average Bonchev–Trinajstić information content (AvgIpc) is 2.62. The largest absolute Gasteiger partial charge is 0.504 e. The Morgan fingerprint density at radius 1 is 1.16 bits per heavy atom. The number of aliphatic hydroxyl groups excluding tert-OH is 2. The number of aromatic hydroxyl groups is 1.